The summed E-state index contributed by atoms with van der Waals surface area (Å²) >= 11 is 0. The van der Waals surface area contributed by atoms with Crippen molar-refractivity contribution in [1.82, 2.24) is 0 Å². The van der Waals surface area contributed by atoms with Gasteiger partial charge in [0, 0.05) is 16.5 Å². The molecular weight excluding hydrogens is 444 g/mol. The zero-order valence-corrected chi connectivity index (χ0v) is 17.5. The van der Waals surface area contributed by atoms with Gasteiger partial charge in [-0.2, -0.15) is 26.5 Å². The van der Waals surface area contributed by atoms with Gasteiger partial charge in [0.2, 0.25) is 0 Å². The van der Waals surface area contributed by atoms with Crippen molar-refractivity contribution in [2.45, 2.75) is 38.6 Å². The number of carbonyl (C=O) groups excluding carboxylic acids is 1. The van der Waals surface area contributed by atoms with Gasteiger partial charge in [0.05, 0.1) is 13.0 Å². The summed E-state index contributed by atoms with van der Waals surface area (Å²) in [5.41, 5.74) is -5.67. The molecule has 0 aliphatic rings. The highest BCUT2D eigenvalue weighted by Gasteiger charge is 2.49. The van der Waals surface area contributed by atoms with Crippen LogP contribution in [0.4, 0.5) is 17.6 Å². The number of hydrogen-bond acceptors (Lipinski definition) is 6. The minimum atomic E-state index is -6.10. The van der Waals surface area contributed by atoms with Gasteiger partial charge in [0.25, 0.3) is 0 Å². The second-order valence-electron chi connectivity index (χ2n) is 6.59. The van der Waals surface area contributed by atoms with Crippen LogP contribution in [0.3, 0.4) is 0 Å². The molecule has 0 atom stereocenters. The van der Waals surface area contributed by atoms with Gasteiger partial charge >= 0.3 is 21.6 Å². The Morgan fingerprint density at radius 1 is 1.23 bits per heavy atom. The van der Waals surface area contributed by atoms with Crippen molar-refractivity contribution in [3.63, 3.8) is 0 Å². The normalized spacial score (nSPS) is 12.1. The molecule has 0 fully saturated rings. The van der Waals surface area contributed by atoms with Crippen molar-refractivity contribution in [1.29, 1.82) is 0 Å². The molecule has 0 bridgehead atoms. The standard InChI is InChI=1S/C20H20F4O6S/c1-4-6-7-28-29-18(25)11-15-12(3)8-14-9-13(5-2)17(21)10-16(14)19(15)30-31(26,27)20(22,23)24/h5,8-10H,2,4,6-7,11H2,1,3H3. The predicted molar refractivity (Wildman–Crippen MR) is 105 cm³/mol. The Morgan fingerprint density at radius 3 is 2.48 bits per heavy atom. The maximum atomic E-state index is 14.3. The molecule has 2 aromatic rings. The number of halogens is 4. The Hall–Kier alpha value is -2.66. The molecule has 0 saturated heterocycles. The van der Waals surface area contributed by atoms with Crippen LogP contribution in [0.1, 0.15) is 36.5 Å². The van der Waals surface area contributed by atoms with E-state index in [0.717, 1.165) is 12.5 Å². The largest absolute Gasteiger partial charge is 0.534 e. The Labute approximate surface area is 176 Å². The van der Waals surface area contributed by atoms with Crippen LogP contribution in [0, 0.1) is 12.7 Å². The van der Waals surface area contributed by atoms with Crippen LogP contribution in [0.2, 0.25) is 0 Å². The summed E-state index contributed by atoms with van der Waals surface area (Å²) in [6, 6.07) is 3.54. The van der Waals surface area contributed by atoms with Crippen LogP contribution in [-0.4, -0.2) is 26.5 Å². The second kappa shape index (κ2) is 9.65. The lowest BCUT2D eigenvalue weighted by atomic mass is 9.96. The van der Waals surface area contributed by atoms with Crippen LogP contribution in [0.25, 0.3) is 16.8 Å². The summed E-state index contributed by atoms with van der Waals surface area (Å²) in [7, 11) is -6.10. The maximum absolute atomic E-state index is 14.3. The third-order valence-electron chi connectivity index (χ3n) is 4.29. The first kappa shape index (κ1) is 24.6. The first-order valence-electron chi connectivity index (χ1n) is 9.12. The van der Waals surface area contributed by atoms with Gasteiger partial charge in [0.15, 0.2) is 5.75 Å². The molecule has 0 saturated carbocycles. The Kier molecular flexibility index (Phi) is 7.66. The zero-order valence-electron chi connectivity index (χ0n) is 16.7. The molecule has 31 heavy (non-hydrogen) atoms. The quantitative estimate of drug-likeness (QED) is 0.130. The topological polar surface area (TPSA) is 78.9 Å². The number of hydrogen-bond donors (Lipinski definition) is 0. The summed E-state index contributed by atoms with van der Waals surface area (Å²) in [5, 5.41) is -0.0753. The van der Waals surface area contributed by atoms with Crippen molar-refractivity contribution in [3.05, 3.63) is 47.3 Å². The molecule has 0 spiro atoms. The van der Waals surface area contributed by atoms with Crippen LogP contribution in [-0.2, 0) is 31.1 Å². The molecule has 11 heteroatoms. The van der Waals surface area contributed by atoms with E-state index in [-0.39, 0.29) is 34.1 Å². The van der Waals surface area contributed by atoms with Gasteiger partial charge in [-0.25, -0.2) is 9.18 Å². The molecule has 0 heterocycles. The smallest absolute Gasteiger partial charge is 0.375 e. The average Bonchev–Trinajstić information content (AvgIpc) is 2.67. The first-order valence-corrected chi connectivity index (χ1v) is 10.5. The fraction of sp³-hybridized carbons (Fsp3) is 0.350. The van der Waals surface area contributed by atoms with Crippen LogP contribution in [0.5, 0.6) is 5.75 Å². The van der Waals surface area contributed by atoms with E-state index in [1.165, 1.54) is 25.1 Å². The summed E-state index contributed by atoms with van der Waals surface area (Å²) in [5.74, 6) is -2.67. The summed E-state index contributed by atoms with van der Waals surface area (Å²) < 4.78 is 80.8. The van der Waals surface area contributed by atoms with E-state index >= 15 is 0 Å². The van der Waals surface area contributed by atoms with E-state index in [9.17, 15) is 30.8 Å². The number of unbranched alkanes of at least 4 members (excludes halogenated alkanes) is 1. The number of aryl methyl sites for hydroxylation is 1. The molecule has 6 nitrogen and oxygen atoms in total. The molecule has 0 amide bonds. The lowest BCUT2D eigenvalue weighted by Crippen LogP contribution is -2.28. The van der Waals surface area contributed by atoms with E-state index in [4.69, 9.17) is 4.89 Å². The summed E-state index contributed by atoms with van der Waals surface area (Å²) in [6.45, 7) is 6.87. The average molecular weight is 464 g/mol. The number of benzene rings is 2. The highest BCUT2D eigenvalue weighted by molar-refractivity contribution is 7.88. The van der Waals surface area contributed by atoms with Crippen molar-refractivity contribution in [3.8, 4) is 5.75 Å². The van der Waals surface area contributed by atoms with Crippen molar-refractivity contribution in [2.24, 2.45) is 0 Å². The molecule has 2 rings (SSSR count). The molecule has 0 aromatic heterocycles. The molecule has 170 valence electrons. The van der Waals surface area contributed by atoms with E-state index in [0.29, 0.717) is 6.42 Å². The number of alkyl halides is 3. The van der Waals surface area contributed by atoms with Crippen LogP contribution in [0.15, 0.2) is 24.8 Å². The minimum absolute atomic E-state index is 0.0491. The Balaban J connectivity index is 2.60. The van der Waals surface area contributed by atoms with E-state index in [1.807, 2.05) is 6.92 Å². The summed E-state index contributed by atoms with van der Waals surface area (Å²) in [4.78, 5) is 21.4. The molecule has 2 aromatic carbocycles. The minimum Gasteiger partial charge on any atom is -0.375 e. The van der Waals surface area contributed by atoms with Crippen molar-refractivity contribution >= 4 is 32.9 Å². The zero-order chi connectivity index (χ0) is 23.4. The molecule has 0 radical (unpaired) electrons. The Morgan fingerprint density at radius 2 is 1.90 bits per heavy atom. The van der Waals surface area contributed by atoms with Gasteiger partial charge in [-0.1, -0.05) is 32.1 Å². The van der Waals surface area contributed by atoms with Gasteiger partial charge in [-0.05, 0) is 36.4 Å². The molecule has 0 aliphatic heterocycles. The number of carbonyl (C=O) groups is 1. The third-order valence-corrected chi connectivity index (χ3v) is 5.24. The molecule has 0 unspecified atom stereocenters. The van der Waals surface area contributed by atoms with Gasteiger partial charge in [0.1, 0.15) is 5.82 Å². The van der Waals surface area contributed by atoms with Crippen LogP contribution < -0.4 is 4.18 Å². The lowest BCUT2D eigenvalue weighted by Gasteiger charge is -2.17. The number of rotatable bonds is 9. The third kappa shape index (κ3) is 5.73. The van der Waals surface area contributed by atoms with E-state index in [1.54, 1.807) is 0 Å². The van der Waals surface area contributed by atoms with Gasteiger partial charge in [-0.15, -0.1) is 0 Å². The molecule has 0 aliphatic carbocycles. The second-order valence-corrected chi connectivity index (χ2v) is 8.13. The fourth-order valence-electron chi connectivity index (χ4n) is 2.70. The first-order chi connectivity index (χ1) is 14.4. The van der Waals surface area contributed by atoms with E-state index < -0.39 is 39.6 Å². The van der Waals surface area contributed by atoms with Crippen LogP contribution >= 0.6 is 0 Å². The van der Waals surface area contributed by atoms with Crippen molar-refractivity contribution < 1.29 is 44.7 Å². The highest BCUT2D eigenvalue weighted by atomic mass is 32.2. The monoisotopic (exact) mass is 464 g/mol. The highest BCUT2D eigenvalue weighted by Crippen LogP contribution is 2.38. The fourth-order valence-corrected chi connectivity index (χ4v) is 3.20. The predicted octanol–water partition coefficient (Wildman–Crippen LogP) is 4.98. The lowest BCUT2D eigenvalue weighted by molar-refractivity contribution is -0.272. The van der Waals surface area contributed by atoms with Gasteiger partial charge < -0.3 is 4.18 Å². The molecule has 0 N–H and O–H groups in total. The Bertz CT molecular complexity index is 1090. The summed E-state index contributed by atoms with van der Waals surface area (Å²) in [6.07, 6.45) is 1.90. The van der Waals surface area contributed by atoms with Crippen molar-refractivity contribution in [2.75, 3.05) is 6.61 Å². The molecular formula is C20H20F4O6S. The van der Waals surface area contributed by atoms with Gasteiger partial charge in [-0.3, -0.25) is 4.89 Å². The van der Waals surface area contributed by atoms with E-state index in [2.05, 4.69) is 15.6 Å². The maximum Gasteiger partial charge on any atom is 0.534 e. The number of fused-ring (bicyclic) bond motifs is 1. The SMILES string of the molecule is C=Cc1cc2cc(C)c(CC(=O)OOCCCC)c(OS(=O)(=O)C(F)(F)F)c2cc1F.